The molecule has 0 aromatic carbocycles. The summed E-state index contributed by atoms with van der Waals surface area (Å²) in [5, 5.41) is 5.76. The SMILES string of the molecule is Cc1ccc(CNC(=O)C(=O)N2CCNCC2)cn1. The zero-order valence-electron chi connectivity index (χ0n) is 11.0. The van der Waals surface area contributed by atoms with E-state index in [4.69, 9.17) is 0 Å². The Balaban J connectivity index is 1.83. The number of aromatic nitrogens is 1. The first-order valence-corrected chi connectivity index (χ1v) is 6.36. The maximum atomic E-state index is 11.8. The number of nitrogens with one attached hydrogen (secondary N) is 2. The number of rotatable bonds is 2. The molecular formula is C13H18N4O2. The summed E-state index contributed by atoms with van der Waals surface area (Å²) in [5.74, 6) is -1.01. The third kappa shape index (κ3) is 3.75. The molecule has 1 aliphatic heterocycles. The van der Waals surface area contributed by atoms with Crippen molar-refractivity contribution in [2.24, 2.45) is 0 Å². The minimum absolute atomic E-state index is 0.323. The zero-order valence-corrected chi connectivity index (χ0v) is 11.0. The third-order valence-corrected chi connectivity index (χ3v) is 3.02. The lowest BCUT2D eigenvalue weighted by Crippen LogP contribution is -2.51. The van der Waals surface area contributed by atoms with Gasteiger partial charge in [0.15, 0.2) is 0 Å². The number of carbonyl (C=O) groups excluding carboxylic acids is 2. The number of amides is 2. The Morgan fingerprint density at radius 3 is 2.74 bits per heavy atom. The molecule has 0 radical (unpaired) electrons. The molecule has 0 spiro atoms. The quantitative estimate of drug-likeness (QED) is 0.701. The van der Waals surface area contributed by atoms with Gasteiger partial charge in [-0.25, -0.2) is 0 Å². The van der Waals surface area contributed by atoms with E-state index in [0.717, 1.165) is 24.3 Å². The van der Waals surface area contributed by atoms with Gasteiger partial charge < -0.3 is 15.5 Å². The fourth-order valence-corrected chi connectivity index (χ4v) is 1.87. The predicted octanol–water partition coefficient (Wildman–Crippen LogP) is -0.562. The number of hydrogen-bond donors (Lipinski definition) is 2. The molecule has 19 heavy (non-hydrogen) atoms. The van der Waals surface area contributed by atoms with Gasteiger partial charge in [0.25, 0.3) is 0 Å². The number of nitrogens with zero attached hydrogens (tertiary/aromatic N) is 2. The predicted molar refractivity (Wildman–Crippen MR) is 70.3 cm³/mol. The summed E-state index contributed by atoms with van der Waals surface area (Å²) in [5.41, 5.74) is 1.80. The molecule has 6 heteroatoms. The Labute approximate surface area is 112 Å². The molecule has 1 saturated heterocycles. The minimum Gasteiger partial charge on any atom is -0.344 e. The number of pyridine rings is 1. The molecule has 1 aliphatic rings. The first kappa shape index (κ1) is 13.5. The van der Waals surface area contributed by atoms with E-state index in [9.17, 15) is 9.59 Å². The van der Waals surface area contributed by atoms with Crippen molar-refractivity contribution in [2.45, 2.75) is 13.5 Å². The summed E-state index contributed by atoms with van der Waals surface area (Å²) in [6.07, 6.45) is 1.70. The average Bonchev–Trinajstić information content (AvgIpc) is 2.46. The first-order chi connectivity index (χ1) is 9.16. The van der Waals surface area contributed by atoms with Crippen molar-refractivity contribution >= 4 is 11.8 Å². The molecule has 0 bridgehead atoms. The molecular weight excluding hydrogens is 244 g/mol. The summed E-state index contributed by atoms with van der Waals surface area (Å²) in [6, 6.07) is 3.76. The van der Waals surface area contributed by atoms with Crippen LogP contribution in [0, 0.1) is 6.92 Å². The second-order valence-corrected chi connectivity index (χ2v) is 4.53. The summed E-state index contributed by atoms with van der Waals surface area (Å²) in [4.78, 5) is 29.3. The van der Waals surface area contributed by atoms with Gasteiger partial charge in [-0.05, 0) is 18.6 Å². The lowest BCUT2D eigenvalue weighted by molar-refractivity contribution is -0.146. The summed E-state index contributed by atoms with van der Waals surface area (Å²) >= 11 is 0. The lowest BCUT2D eigenvalue weighted by Gasteiger charge is -2.26. The van der Waals surface area contributed by atoms with Gasteiger partial charge in [0.1, 0.15) is 0 Å². The van der Waals surface area contributed by atoms with Gasteiger partial charge in [0, 0.05) is 44.6 Å². The highest BCUT2D eigenvalue weighted by Crippen LogP contribution is 1.99. The van der Waals surface area contributed by atoms with Crippen molar-refractivity contribution in [1.82, 2.24) is 20.5 Å². The van der Waals surface area contributed by atoms with Gasteiger partial charge in [-0.2, -0.15) is 0 Å². The molecule has 1 aromatic heterocycles. The molecule has 0 aliphatic carbocycles. The molecule has 2 heterocycles. The van der Waals surface area contributed by atoms with Crippen molar-refractivity contribution in [3.8, 4) is 0 Å². The van der Waals surface area contributed by atoms with Crippen molar-refractivity contribution in [3.63, 3.8) is 0 Å². The summed E-state index contributed by atoms with van der Waals surface area (Å²) < 4.78 is 0. The number of piperazine rings is 1. The molecule has 2 rings (SSSR count). The van der Waals surface area contributed by atoms with Gasteiger partial charge in [0.05, 0.1) is 0 Å². The third-order valence-electron chi connectivity index (χ3n) is 3.02. The Hall–Kier alpha value is -1.95. The minimum atomic E-state index is -0.553. The number of hydrogen-bond acceptors (Lipinski definition) is 4. The largest absolute Gasteiger partial charge is 0.344 e. The average molecular weight is 262 g/mol. The van der Waals surface area contributed by atoms with E-state index in [2.05, 4.69) is 15.6 Å². The topological polar surface area (TPSA) is 74.3 Å². The van der Waals surface area contributed by atoms with Gasteiger partial charge >= 0.3 is 11.8 Å². The zero-order chi connectivity index (χ0) is 13.7. The smallest absolute Gasteiger partial charge is 0.311 e. The fourth-order valence-electron chi connectivity index (χ4n) is 1.87. The van der Waals surface area contributed by atoms with E-state index in [1.54, 1.807) is 11.1 Å². The molecule has 0 unspecified atom stereocenters. The lowest BCUT2D eigenvalue weighted by atomic mass is 10.2. The highest BCUT2D eigenvalue weighted by atomic mass is 16.2. The maximum Gasteiger partial charge on any atom is 0.311 e. The Morgan fingerprint density at radius 2 is 2.11 bits per heavy atom. The van der Waals surface area contributed by atoms with Gasteiger partial charge in [0.2, 0.25) is 0 Å². The van der Waals surface area contributed by atoms with E-state index in [0.29, 0.717) is 19.6 Å². The Kier molecular flexibility index (Phi) is 4.46. The van der Waals surface area contributed by atoms with E-state index in [1.807, 2.05) is 19.1 Å². The molecule has 1 fully saturated rings. The van der Waals surface area contributed by atoms with Crippen molar-refractivity contribution in [3.05, 3.63) is 29.6 Å². The van der Waals surface area contributed by atoms with Crippen LogP contribution in [-0.4, -0.2) is 47.9 Å². The molecule has 1 aromatic rings. The monoisotopic (exact) mass is 262 g/mol. The van der Waals surface area contributed by atoms with E-state index in [-0.39, 0.29) is 0 Å². The second-order valence-electron chi connectivity index (χ2n) is 4.53. The van der Waals surface area contributed by atoms with E-state index in [1.165, 1.54) is 0 Å². The highest BCUT2D eigenvalue weighted by Gasteiger charge is 2.22. The van der Waals surface area contributed by atoms with Crippen molar-refractivity contribution < 1.29 is 9.59 Å². The Morgan fingerprint density at radius 1 is 1.37 bits per heavy atom. The molecule has 6 nitrogen and oxygen atoms in total. The fraction of sp³-hybridized carbons (Fsp3) is 0.462. The Bertz CT molecular complexity index is 452. The standard InChI is InChI=1S/C13H18N4O2/c1-10-2-3-11(8-15-10)9-16-12(18)13(19)17-6-4-14-5-7-17/h2-3,8,14H,4-7,9H2,1H3,(H,16,18). The number of carbonyl (C=O) groups is 2. The van der Waals surface area contributed by atoms with Crippen LogP contribution in [0.3, 0.4) is 0 Å². The van der Waals surface area contributed by atoms with Gasteiger partial charge in [-0.1, -0.05) is 6.07 Å². The van der Waals surface area contributed by atoms with Crippen molar-refractivity contribution in [2.75, 3.05) is 26.2 Å². The molecule has 0 atom stereocenters. The van der Waals surface area contributed by atoms with Crippen LogP contribution in [0.4, 0.5) is 0 Å². The van der Waals surface area contributed by atoms with Crippen LogP contribution in [0.5, 0.6) is 0 Å². The second kappa shape index (κ2) is 6.29. The van der Waals surface area contributed by atoms with Gasteiger partial charge in [-0.15, -0.1) is 0 Å². The summed E-state index contributed by atoms with van der Waals surface area (Å²) in [6.45, 7) is 4.86. The first-order valence-electron chi connectivity index (χ1n) is 6.36. The highest BCUT2D eigenvalue weighted by molar-refractivity contribution is 6.34. The van der Waals surface area contributed by atoms with E-state index >= 15 is 0 Å². The molecule has 102 valence electrons. The molecule has 2 N–H and O–H groups in total. The van der Waals surface area contributed by atoms with Crippen LogP contribution >= 0.6 is 0 Å². The van der Waals surface area contributed by atoms with Crippen LogP contribution < -0.4 is 10.6 Å². The molecule has 0 saturated carbocycles. The van der Waals surface area contributed by atoms with Crippen LogP contribution in [0.2, 0.25) is 0 Å². The van der Waals surface area contributed by atoms with Crippen LogP contribution in [-0.2, 0) is 16.1 Å². The normalized spacial score (nSPS) is 15.1. The van der Waals surface area contributed by atoms with Crippen LogP contribution in [0.25, 0.3) is 0 Å². The number of aryl methyl sites for hydroxylation is 1. The summed E-state index contributed by atoms with van der Waals surface area (Å²) in [7, 11) is 0. The van der Waals surface area contributed by atoms with Crippen LogP contribution in [0.15, 0.2) is 18.3 Å². The van der Waals surface area contributed by atoms with Gasteiger partial charge in [-0.3, -0.25) is 14.6 Å². The van der Waals surface area contributed by atoms with E-state index < -0.39 is 11.8 Å². The van der Waals surface area contributed by atoms with Crippen molar-refractivity contribution in [1.29, 1.82) is 0 Å². The van der Waals surface area contributed by atoms with Crippen LogP contribution in [0.1, 0.15) is 11.3 Å². The maximum absolute atomic E-state index is 11.8. The molecule has 2 amide bonds.